The number of nitrogens with one attached hydrogen (secondary N) is 3. The Balaban J connectivity index is 1.55. The summed E-state index contributed by atoms with van der Waals surface area (Å²) < 4.78 is 5.69. The summed E-state index contributed by atoms with van der Waals surface area (Å²) in [5.74, 6) is -0.594. The van der Waals surface area contributed by atoms with Crippen LogP contribution >= 0.6 is 15.9 Å². The number of hydrogen-bond donors (Lipinski definition) is 3. The van der Waals surface area contributed by atoms with Crippen molar-refractivity contribution in [2.75, 3.05) is 5.32 Å². The zero-order valence-electron chi connectivity index (χ0n) is 17.8. The predicted molar refractivity (Wildman–Crippen MR) is 126 cm³/mol. The molecule has 1 atom stereocenters. The van der Waals surface area contributed by atoms with Crippen LogP contribution in [0.15, 0.2) is 69.8 Å². The van der Waals surface area contributed by atoms with Gasteiger partial charge in [0.1, 0.15) is 0 Å². The summed E-state index contributed by atoms with van der Waals surface area (Å²) in [5, 5.41) is 8.48. The van der Waals surface area contributed by atoms with E-state index in [1.54, 1.807) is 54.6 Å². The summed E-state index contributed by atoms with van der Waals surface area (Å²) >= 11 is 3.16. The zero-order valence-corrected chi connectivity index (χ0v) is 19.4. The molecule has 0 aliphatic carbocycles. The van der Waals surface area contributed by atoms with E-state index in [1.165, 1.54) is 0 Å². The Morgan fingerprint density at radius 3 is 2.34 bits per heavy atom. The van der Waals surface area contributed by atoms with Crippen molar-refractivity contribution in [1.82, 2.24) is 10.6 Å². The third kappa shape index (κ3) is 6.31. The molecule has 0 saturated carbocycles. The standard InChI is InChI=1S/C24H24BrN3O4/c1-3-15(2)27-23(30)18-6-4-5-16(13-18)14-26-22(29)17-7-9-19(10-8-17)28-24(31)20-11-12-21(25)32-20/h4-13,15H,3,14H2,1-2H3,(H,26,29)(H,27,30)(H,28,31). The first-order valence-electron chi connectivity index (χ1n) is 10.2. The van der Waals surface area contributed by atoms with Crippen LogP contribution in [0.2, 0.25) is 0 Å². The number of furan rings is 1. The molecular formula is C24H24BrN3O4. The smallest absolute Gasteiger partial charge is 0.291 e. The third-order valence-corrected chi connectivity index (χ3v) is 5.26. The highest BCUT2D eigenvalue weighted by Gasteiger charge is 2.12. The highest BCUT2D eigenvalue weighted by molar-refractivity contribution is 9.10. The van der Waals surface area contributed by atoms with Gasteiger partial charge in [0.2, 0.25) is 0 Å². The van der Waals surface area contributed by atoms with Crippen molar-refractivity contribution in [1.29, 1.82) is 0 Å². The maximum absolute atomic E-state index is 12.5. The van der Waals surface area contributed by atoms with E-state index in [2.05, 4.69) is 31.9 Å². The van der Waals surface area contributed by atoms with Gasteiger partial charge in [-0.25, -0.2) is 0 Å². The Morgan fingerprint density at radius 1 is 0.938 bits per heavy atom. The van der Waals surface area contributed by atoms with Crippen molar-refractivity contribution in [2.45, 2.75) is 32.9 Å². The van der Waals surface area contributed by atoms with Gasteiger partial charge in [-0.3, -0.25) is 14.4 Å². The molecule has 2 aromatic carbocycles. The van der Waals surface area contributed by atoms with E-state index in [1.807, 2.05) is 19.9 Å². The van der Waals surface area contributed by atoms with E-state index < -0.39 is 0 Å². The molecule has 0 spiro atoms. The van der Waals surface area contributed by atoms with Gasteiger partial charge in [-0.2, -0.15) is 0 Å². The Bertz CT molecular complexity index is 1110. The molecule has 0 bridgehead atoms. The number of hydrogen-bond acceptors (Lipinski definition) is 4. The number of rotatable bonds is 8. The Kier molecular flexibility index (Phi) is 7.83. The van der Waals surface area contributed by atoms with Crippen molar-refractivity contribution in [2.24, 2.45) is 0 Å². The minimum absolute atomic E-state index is 0.0968. The van der Waals surface area contributed by atoms with Gasteiger partial charge >= 0.3 is 0 Å². The van der Waals surface area contributed by atoms with Crippen LogP contribution in [0.25, 0.3) is 0 Å². The maximum Gasteiger partial charge on any atom is 0.291 e. The third-order valence-electron chi connectivity index (χ3n) is 4.83. The lowest BCUT2D eigenvalue weighted by atomic mass is 10.1. The molecule has 0 saturated heterocycles. The fraction of sp³-hybridized carbons (Fsp3) is 0.208. The summed E-state index contributed by atoms with van der Waals surface area (Å²) in [6.45, 7) is 4.25. The van der Waals surface area contributed by atoms with Gasteiger partial charge in [0.25, 0.3) is 17.7 Å². The van der Waals surface area contributed by atoms with Crippen molar-refractivity contribution in [3.05, 3.63) is 87.8 Å². The van der Waals surface area contributed by atoms with Gasteiger partial charge in [0.15, 0.2) is 10.4 Å². The molecule has 3 rings (SSSR count). The molecule has 0 fully saturated rings. The molecule has 32 heavy (non-hydrogen) atoms. The lowest BCUT2D eigenvalue weighted by molar-refractivity contribution is 0.0936. The molecule has 1 unspecified atom stereocenters. The van der Waals surface area contributed by atoms with Gasteiger partial charge in [-0.15, -0.1) is 0 Å². The summed E-state index contributed by atoms with van der Waals surface area (Å²) in [5.41, 5.74) is 2.37. The number of carbonyl (C=O) groups excluding carboxylic acids is 3. The second-order valence-corrected chi connectivity index (χ2v) is 8.08. The maximum atomic E-state index is 12.5. The highest BCUT2D eigenvalue weighted by atomic mass is 79.9. The number of amides is 3. The first kappa shape index (κ1) is 23.3. The van der Waals surface area contributed by atoms with Gasteiger partial charge in [-0.1, -0.05) is 19.1 Å². The van der Waals surface area contributed by atoms with Gasteiger partial charge in [0.05, 0.1) is 0 Å². The molecule has 1 aromatic heterocycles. The van der Waals surface area contributed by atoms with Crippen molar-refractivity contribution in [3.8, 4) is 0 Å². The minimum Gasteiger partial charge on any atom is -0.444 e. The van der Waals surface area contributed by atoms with E-state index in [-0.39, 0.29) is 36.1 Å². The van der Waals surface area contributed by atoms with Crippen LogP contribution in [0.1, 0.15) is 57.1 Å². The van der Waals surface area contributed by atoms with E-state index in [0.717, 1.165) is 12.0 Å². The average molecular weight is 498 g/mol. The number of halogens is 1. The van der Waals surface area contributed by atoms with Crippen molar-refractivity contribution < 1.29 is 18.8 Å². The lowest BCUT2D eigenvalue weighted by Crippen LogP contribution is -2.32. The van der Waals surface area contributed by atoms with E-state index in [9.17, 15) is 14.4 Å². The normalized spacial score (nSPS) is 11.5. The molecule has 0 aliphatic heterocycles. The Labute approximate surface area is 194 Å². The SMILES string of the molecule is CCC(C)NC(=O)c1cccc(CNC(=O)c2ccc(NC(=O)c3ccc(Br)o3)cc2)c1. The first-order valence-corrected chi connectivity index (χ1v) is 11.0. The quantitative estimate of drug-likeness (QED) is 0.417. The fourth-order valence-corrected chi connectivity index (χ4v) is 3.16. The zero-order chi connectivity index (χ0) is 23.1. The van der Waals surface area contributed by atoms with Gasteiger partial charge < -0.3 is 20.4 Å². The van der Waals surface area contributed by atoms with Crippen LogP contribution < -0.4 is 16.0 Å². The summed E-state index contributed by atoms with van der Waals surface area (Å²) in [6, 6.07) is 17.0. The monoisotopic (exact) mass is 497 g/mol. The van der Waals surface area contributed by atoms with Crippen molar-refractivity contribution >= 4 is 39.3 Å². The van der Waals surface area contributed by atoms with Crippen LogP contribution in [0.4, 0.5) is 5.69 Å². The van der Waals surface area contributed by atoms with E-state index in [4.69, 9.17) is 4.42 Å². The van der Waals surface area contributed by atoms with Crippen LogP contribution in [0.5, 0.6) is 0 Å². The molecule has 3 amide bonds. The summed E-state index contributed by atoms with van der Waals surface area (Å²) in [4.78, 5) is 36.9. The summed E-state index contributed by atoms with van der Waals surface area (Å²) in [7, 11) is 0. The molecule has 0 aliphatic rings. The minimum atomic E-state index is -0.384. The van der Waals surface area contributed by atoms with E-state index in [0.29, 0.717) is 21.5 Å². The Hall–Kier alpha value is -3.39. The average Bonchev–Trinajstić information content (AvgIpc) is 3.24. The molecule has 166 valence electrons. The number of anilines is 1. The van der Waals surface area contributed by atoms with Gasteiger partial charge in [-0.05, 0) is 83.4 Å². The molecular weight excluding hydrogens is 474 g/mol. The molecule has 7 nitrogen and oxygen atoms in total. The predicted octanol–water partition coefficient (Wildman–Crippen LogP) is 4.75. The van der Waals surface area contributed by atoms with Crippen LogP contribution in [-0.4, -0.2) is 23.8 Å². The molecule has 8 heteroatoms. The molecule has 0 radical (unpaired) electrons. The fourth-order valence-electron chi connectivity index (χ4n) is 2.85. The lowest BCUT2D eigenvalue weighted by Gasteiger charge is -2.12. The second kappa shape index (κ2) is 10.8. The molecule has 3 N–H and O–H groups in total. The molecule has 3 aromatic rings. The van der Waals surface area contributed by atoms with Gasteiger partial charge in [0, 0.05) is 29.4 Å². The summed E-state index contributed by atoms with van der Waals surface area (Å²) in [6.07, 6.45) is 0.852. The van der Waals surface area contributed by atoms with E-state index >= 15 is 0 Å². The number of benzene rings is 2. The van der Waals surface area contributed by atoms with Crippen LogP contribution in [0.3, 0.4) is 0 Å². The number of carbonyl (C=O) groups is 3. The van der Waals surface area contributed by atoms with Crippen LogP contribution in [0, 0.1) is 0 Å². The van der Waals surface area contributed by atoms with Crippen LogP contribution in [-0.2, 0) is 6.54 Å². The highest BCUT2D eigenvalue weighted by Crippen LogP contribution is 2.16. The first-order chi connectivity index (χ1) is 15.4. The largest absolute Gasteiger partial charge is 0.444 e. The topological polar surface area (TPSA) is 100 Å². The second-order valence-electron chi connectivity index (χ2n) is 7.30. The Morgan fingerprint density at radius 2 is 1.69 bits per heavy atom. The van der Waals surface area contributed by atoms with Crippen molar-refractivity contribution in [3.63, 3.8) is 0 Å². The molecule has 1 heterocycles.